The lowest BCUT2D eigenvalue weighted by molar-refractivity contribution is -0.137. The molecule has 6 nitrogen and oxygen atoms in total. The molecule has 0 spiro atoms. The summed E-state index contributed by atoms with van der Waals surface area (Å²) in [6.45, 7) is 3.79. The van der Waals surface area contributed by atoms with E-state index in [0.717, 1.165) is 25.9 Å². The van der Waals surface area contributed by atoms with Crippen molar-refractivity contribution in [2.45, 2.75) is 39.0 Å². The number of piperidine rings is 1. The molecule has 0 saturated carbocycles. The van der Waals surface area contributed by atoms with Crippen LogP contribution < -0.4 is 5.32 Å². The lowest BCUT2D eigenvalue weighted by atomic mass is 9.98. The second kappa shape index (κ2) is 8.47. The summed E-state index contributed by atoms with van der Waals surface area (Å²) < 4.78 is 0. The average Bonchev–Trinajstić information content (AvgIpc) is 2.55. The number of anilines is 1. The van der Waals surface area contributed by atoms with Crippen molar-refractivity contribution in [3.63, 3.8) is 0 Å². The van der Waals surface area contributed by atoms with Crippen LogP contribution in [0.2, 0.25) is 0 Å². The van der Waals surface area contributed by atoms with Gasteiger partial charge in [-0.25, -0.2) is 0 Å². The summed E-state index contributed by atoms with van der Waals surface area (Å²) in [4.78, 5) is 36.4. The number of carbonyl (C=O) groups is 3. The van der Waals surface area contributed by atoms with Gasteiger partial charge in [0.15, 0.2) is 0 Å². The van der Waals surface area contributed by atoms with Gasteiger partial charge in [-0.15, -0.1) is 0 Å². The molecule has 1 saturated heterocycles. The third-order valence-electron chi connectivity index (χ3n) is 4.28. The minimum atomic E-state index is -0.905. The Labute approximate surface area is 141 Å². The molecule has 0 radical (unpaired) electrons. The molecule has 1 aromatic carbocycles. The van der Waals surface area contributed by atoms with Crippen LogP contribution in [0.25, 0.3) is 0 Å². The summed E-state index contributed by atoms with van der Waals surface area (Å²) in [7, 11) is 0. The average molecular weight is 332 g/mol. The maximum absolute atomic E-state index is 12.4. The SMILES string of the molecule is CC1CCN(C(=O)c2ccc(NC(=O)CCCC(=O)O)cc2)CC1. The zero-order chi connectivity index (χ0) is 17.5. The summed E-state index contributed by atoms with van der Waals surface area (Å²) in [5, 5.41) is 11.3. The standard InChI is InChI=1S/C18H24N2O4/c1-13-9-11-20(12-10-13)18(24)14-5-7-15(8-6-14)19-16(21)3-2-4-17(22)23/h5-8,13H,2-4,9-12H2,1H3,(H,19,21)(H,22,23). The first-order valence-electron chi connectivity index (χ1n) is 8.36. The molecule has 0 aliphatic carbocycles. The van der Waals surface area contributed by atoms with Gasteiger partial charge in [0, 0.05) is 37.2 Å². The largest absolute Gasteiger partial charge is 0.481 e. The monoisotopic (exact) mass is 332 g/mol. The molecule has 0 unspecified atom stereocenters. The van der Waals surface area contributed by atoms with Crippen LogP contribution in [0.15, 0.2) is 24.3 Å². The number of nitrogens with one attached hydrogen (secondary N) is 1. The van der Waals surface area contributed by atoms with Crippen molar-refractivity contribution < 1.29 is 19.5 Å². The molecular formula is C18H24N2O4. The second-order valence-electron chi connectivity index (χ2n) is 6.35. The Balaban J connectivity index is 1.85. The molecule has 0 aromatic heterocycles. The first-order valence-corrected chi connectivity index (χ1v) is 8.36. The maximum atomic E-state index is 12.4. The molecule has 24 heavy (non-hydrogen) atoms. The minimum Gasteiger partial charge on any atom is -0.481 e. The molecule has 1 aromatic rings. The third kappa shape index (κ3) is 5.37. The Morgan fingerprint density at radius 1 is 1.12 bits per heavy atom. The first-order chi connectivity index (χ1) is 11.5. The van der Waals surface area contributed by atoms with Gasteiger partial charge in [0.05, 0.1) is 0 Å². The van der Waals surface area contributed by atoms with Crippen LogP contribution in [0, 0.1) is 5.92 Å². The van der Waals surface area contributed by atoms with Gasteiger partial charge in [-0.1, -0.05) is 6.92 Å². The van der Waals surface area contributed by atoms with Crippen LogP contribution in [0.4, 0.5) is 5.69 Å². The maximum Gasteiger partial charge on any atom is 0.303 e. The minimum absolute atomic E-state index is 0.0185. The fraction of sp³-hybridized carbons (Fsp3) is 0.500. The van der Waals surface area contributed by atoms with E-state index in [1.165, 1.54) is 0 Å². The summed E-state index contributed by atoms with van der Waals surface area (Å²) in [5.41, 5.74) is 1.23. The number of benzene rings is 1. The van der Waals surface area contributed by atoms with Crippen LogP contribution in [0.1, 0.15) is 49.4 Å². The number of carboxylic acids is 1. The van der Waals surface area contributed by atoms with Crippen LogP contribution in [0.5, 0.6) is 0 Å². The number of carbonyl (C=O) groups excluding carboxylic acids is 2. The van der Waals surface area contributed by atoms with Crippen molar-refractivity contribution in [2.75, 3.05) is 18.4 Å². The van der Waals surface area contributed by atoms with E-state index in [4.69, 9.17) is 5.11 Å². The molecule has 2 amide bonds. The highest BCUT2D eigenvalue weighted by Gasteiger charge is 2.21. The van der Waals surface area contributed by atoms with Crippen LogP contribution in [-0.2, 0) is 9.59 Å². The van der Waals surface area contributed by atoms with Crippen LogP contribution in [0.3, 0.4) is 0 Å². The number of aliphatic carboxylic acids is 1. The van der Waals surface area contributed by atoms with E-state index < -0.39 is 5.97 Å². The van der Waals surface area contributed by atoms with Crippen molar-refractivity contribution >= 4 is 23.5 Å². The van der Waals surface area contributed by atoms with E-state index in [1.54, 1.807) is 24.3 Å². The van der Waals surface area contributed by atoms with Crippen molar-refractivity contribution in [3.05, 3.63) is 29.8 Å². The van der Waals surface area contributed by atoms with Gasteiger partial charge in [-0.05, 0) is 49.4 Å². The normalized spacial score (nSPS) is 15.1. The molecule has 0 bridgehead atoms. The Bertz CT molecular complexity index is 590. The van der Waals surface area contributed by atoms with Gasteiger partial charge in [0.1, 0.15) is 0 Å². The number of hydrogen-bond donors (Lipinski definition) is 2. The molecule has 6 heteroatoms. The molecule has 1 fully saturated rings. The second-order valence-corrected chi connectivity index (χ2v) is 6.35. The molecule has 0 atom stereocenters. The number of nitrogens with zero attached hydrogens (tertiary/aromatic N) is 1. The quantitative estimate of drug-likeness (QED) is 0.838. The van der Waals surface area contributed by atoms with E-state index in [-0.39, 0.29) is 24.7 Å². The van der Waals surface area contributed by atoms with Gasteiger partial charge < -0.3 is 15.3 Å². The van der Waals surface area contributed by atoms with E-state index in [0.29, 0.717) is 23.6 Å². The van der Waals surface area contributed by atoms with Crippen molar-refractivity contribution in [1.82, 2.24) is 4.90 Å². The Morgan fingerprint density at radius 2 is 1.75 bits per heavy atom. The highest BCUT2D eigenvalue weighted by molar-refractivity contribution is 5.96. The number of likely N-dealkylation sites (tertiary alicyclic amines) is 1. The van der Waals surface area contributed by atoms with Gasteiger partial charge in [-0.3, -0.25) is 14.4 Å². The zero-order valence-corrected chi connectivity index (χ0v) is 14.0. The summed E-state index contributed by atoms with van der Waals surface area (Å²) in [6.07, 6.45) is 2.53. The number of hydrogen-bond acceptors (Lipinski definition) is 3. The van der Waals surface area contributed by atoms with E-state index in [1.807, 2.05) is 4.90 Å². The predicted molar refractivity (Wildman–Crippen MR) is 90.9 cm³/mol. The van der Waals surface area contributed by atoms with Gasteiger partial charge >= 0.3 is 5.97 Å². The van der Waals surface area contributed by atoms with E-state index in [9.17, 15) is 14.4 Å². The Kier molecular flexibility index (Phi) is 6.35. The number of amides is 2. The molecule has 2 rings (SSSR count). The first kappa shape index (κ1) is 18.0. The van der Waals surface area contributed by atoms with E-state index >= 15 is 0 Å². The fourth-order valence-electron chi connectivity index (χ4n) is 2.71. The third-order valence-corrected chi connectivity index (χ3v) is 4.28. The fourth-order valence-corrected chi connectivity index (χ4v) is 2.71. The molecular weight excluding hydrogens is 308 g/mol. The van der Waals surface area contributed by atoms with Crippen molar-refractivity contribution in [2.24, 2.45) is 5.92 Å². The number of rotatable bonds is 6. The molecule has 130 valence electrons. The Hall–Kier alpha value is -2.37. The summed E-state index contributed by atoms with van der Waals surface area (Å²) in [5.74, 6) is -0.424. The zero-order valence-electron chi connectivity index (χ0n) is 14.0. The number of carboxylic acid groups (broad SMARTS) is 1. The van der Waals surface area contributed by atoms with Crippen molar-refractivity contribution in [3.8, 4) is 0 Å². The smallest absolute Gasteiger partial charge is 0.303 e. The lowest BCUT2D eigenvalue weighted by Crippen LogP contribution is -2.37. The molecule has 1 aliphatic heterocycles. The van der Waals surface area contributed by atoms with Crippen molar-refractivity contribution in [1.29, 1.82) is 0 Å². The van der Waals surface area contributed by atoms with Crippen LogP contribution >= 0.6 is 0 Å². The predicted octanol–water partition coefficient (Wildman–Crippen LogP) is 2.75. The summed E-state index contributed by atoms with van der Waals surface area (Å²) in [6, 6.07) is 6.84. The molecule has 2 N–H and O–H groups in total. The summed E-state index contributed by atoms with van der Waals surface area (Å²) >= 11 is 0. The highest BCUT2D eigenvalue weighted by atomic mass is 16.4. The van der Waals surface area contributed by atoms with E-state index in [2.05, 4.69) is 12.2 Å². The lowest BCUT2D eigenvalue weighted by Gasteiger charge is -2.30. The highest BCUT2D eigenvalue weighted by Crippen LogP contribution is 2.19. The topological polar surface area (TPSA) is 86.7 Å². The molecule has 1 aliphatic rings. The van der Waals surface area contributed by atoms with Crippen LogP contribution in [-0.4, -0.2) is 40.9 Å². The van der Waals surface area contributed by atoms with Gasteiger partial charge in [0.25, 0.3) is 5.91 Å². The Morgan fingerprint density at radius 3 is 2.33 bits per heavy atom. The molecule has 1 heterocycles. The van der Waals surface area contributed by atoms with Gasteiger partial charge in [0.2, 0.25) is 5.91 Å². The van der Waals surface area contributed by atoms with Gasteiger partial charge in [-0.2, -0.15) is 0 Å².